The van der Waals surface area contributed by atoms with Crippen LogP contribution in [0.25, 0.3) is 0 Å². The van der Waals surface area contributed by atoms with E-state index in [2.05, 4.69) is 5.10 Å². The molecule has 1 saturated heterocycles. The van der Waals surface area contributed by atoms with Crippen molar-refractivity contribution in [2.24, 2.45) is 5.92 Å². The number of aromatic nitrogens is 2. The lowest BCUT2D eigenvalue weighted by Crippen LogP contribution is -2.32. The Labute approximate surface area is 138 Å². The zero-order valence-electron chi connectivity index (χ0n) is 13.0. The van der Waals surface area contributed by atoms with E-state index in [1.807, 2.05) is 12.3 Å². The largest absolute Gasteiger partial charge is 0.481 e. The van der Waals surface area contributed by atoms with E-state index in [4.69, 9.17) is 0 Å². The van der Waals surface area contributed by atoms with Gasteiger partial charge in [-0.15, -0.1) is 0 Å². The number of aryl methyl sites for hydroxylation is 1. The van der Waals surface area contributed by atoms with E-state index in [1.54, 1.807) is 27.9 Å². The van der Waals surface area contributed by atoms with E-state index in [9.17, 15) is 19.1 Å². The highest BCUT2D eigenvalue weighted by Crippen LogP contribution is 2.38. The highest BCUT2D eigenvalue weighted by Gasteiger charge is 2.44. The molecule has 0 aliphatic carbocycles. The van der Waals surface area contributed by atoms with Gasteiger partial charge in [-0.05, 0) is 30.2 Å². The first kappa shape index (κ1) is 16.2. The molecule has 1 aliphatic heterocycles. The van der Waals surface area contributed by atoms with Gasteiger partial charge in [-0.3, -0.25) is 14.3 Å². The predicted molar refractivity (Wildman–Crippen MR) is 83.4 cm³/mol. The SMILES string of the molecule is O=C(O)[C@H]1CC(=O)N(CCCn2cccn2)[C@@H]1c1ccc(F)cc1. The average molecular weight is 331 g/mol. The molecule has 1 fully saturated rings. The van der Waals surface area contributed by atoms with E-state index in [0.717, 1.165) is 0 Å². The minimum atomic E-state index is -1.01. The number of carboxylic acid groups (broad SMARTS) is 1. The summed E-state index contributed by atoms with van der Waals surface area (Å²) in [5.41, 5.74) is 0.647. The standard InChI is InChI=1S/C17H18FN3O3/c18-13-5-3-12(4-6-13)16-14(17(23)24)11-15(22)21(16)10-2-9-20-8-1-7-19-20/h1,3-8,14,16H,2,9-11H2,(H,23,24)/t14-,16+/m0/s1. The number of amides is 1. The summed E-state index contributed by atoms with van der Waals surface area (Å²) in [4.78, 5) is 25.4. The maximum atomic E-state index is 13.2. The Bertz CT molecular complexity index is 715. The lowest BCUT2D eigenvalue weighted by atomic mass is 9.93. The van der Waals surface area contributed by atoms with Gasteiger partial charge in [0.2, 0.25) is 5.91 Å². The van der Waals surface area contributed by atoms with E-state index in [-0.39, 0.29) is 18.1 Å². The molecule has 1 aromatic heterocycles. The molecule has 0 bridgehead atoms. The molecule has 0 spiro atoms. The van der Waals surface area contributed by atoms with Crippen LogP contribution in [0.15, 0.2) is 42.7 Å². The van der Waals surface area contributed by atoms with Crippen LogP contribution >= 0.6 is 0 Å². The minimum Gasteiger partial charge on any atom is -0.481 e. The van der Waals surface area contributed by atoms with E-state index >= 15 is 0 Å². The van der Waals surface area contributed by atoms with Gasteiger partial charge in [0, 0.05) is 31.9 Å². The van der Waals surface area contributed by atoms with Crippen molar-refractivity contribution >= 4 is 11.9 Å². The second-order valence-electron chi connectivity index (χ2n) is 5.86. The average Bonchev–Trinajstić information content (AvgIpc) is 3.17. The zero-order valence-corrected chi connectivity index (χ0v) is 13.0. The number of benzene rings is 1. The number of carbonyl (C=O) groups is 2. The van der Waals surface area contributed by atoms with Crippen LogP contribution in [-0.4, -0.2) is 38.2 Å². The van der Waals surface area contributed by atoms with Crippen molar-refractivity contribution in [1.29, 1.82) is 0 Å². The third-order valence-corrected chi connectivity index (χ3v) is 4.31. The van der Waals surface area contributed by atoms with E-state index < -0.39 is 17.9 Å². The Kier molecular flexibility index (Phi) is 4.59. The summed E-state index contributed by atoms with van der Waals surface area (Å²) in [5, 5.41) is 13.6. The minimum absolute atomic E-state index is 0.0286. The van der Waals surface area contributed by atoms with Gasteiger partial charge in [0.1, 0.15) is 5.82 Å². The fraction of sp³-hybridized carbons (Fsp3) is 0.353. The van der Waals surface area contributed by atoms with Crippen molar-refractivity contribution in [2.45, 2.75) is 25.4 Å². The van der Waals surface area contributed by atoms with Gasteiger partial charge in [-0.2, -0.15) is 5.10 Å². The Morgan fingerprint density at radius 1 is 1.29 bits per heavy atom. The molecular formula is C17H18FN3O3. The van der Waals surface area contributed by atoms with Crippen molar-refractivity contribution in [1.82, 2.24) is 14.7 Å². The molecule has 1 aromatic carbocycles. The molecule has 3 rings (SSSR count). The number of carboxylic acids is 1. The summed E-state index contributed by atoms with van der Waals surface area (Å²) >= 11 is 0. The maximum Gasteiger partial charge on any atom is 0.309 e. The molecule has 0 saturated carbocycles. The number of carbonyl (C=O) groups excluding carboxylic acids is 1. The maximum absolute atomic E-state index is 13.2. The molecule has 2 aromatic rings. The molecule has 7 heteroatoms. The van der Waals surface area contributed by atoms with E-state index in [0.29, 0.717) is 25.1 Å². The van der Waals surface area contributed by atoms with Crippen LogP contribution < -0.4 is 0 Å². The van der Waals surface area contributed by atoms with Gasteiger partial charge in [0.05, 0.1) is 12.0 Å². The first-order valence-electron chi connectivity index (χ1n) is 7.81. The van der Waals surface area contributed by atoms with Crippen LogP contribution in [-0.2, 0) is 16.1 Å². The molecule has 6 nitrogen and oxygen atoms in total. The summed E-state index contributed by atoms with van der Waals surface area (Å²) in [6, 6.07) is 6.94. The smallest absolute Gasteiger partial charge is 0.309 e. The number of rotatable bonds is 6. The quantitative estimate of drug-likeness (QED) is 0.879. The summed E-state index contributed by atoms with van der Waals surface area (Å²) in [6.07, 6.45) is 4.16. The lowest BCUT2D eigenvalue weighted by molar-refractivity contribution is -0.142. The topological polar surface area (TPSA) is 75.4 Å². The van der Waals surface area contributed by atoms with Gasteiger partial charge in [0.15, 0.2) is 0 Å². The second kappa shape index (κ2) is 6.82. The van der Waals surface area contributed by atoms with E-state index in [1.165, 1.54) is 12.1 Å². The summed E-state index contributed by atoms with van der Waals surface area (Å²) in [7, 11) is 0. The van der Waals surface area contributed by atoms with Crippen LogP contribution in [0.4, 0.5) is 4.39 Å². The number of nitrogens with zero attached hydrogens (tertiary/aromatic N) is 3. The number of hydrogen-bond acceptors (Lipinski definition) is 3. The van der Waals surface area contributed by atoms with Crippen molar-refractivity contribution in [3.63, 3.8) is 0 Å². The molecule has 1 aliphatic rings. The number of likely N-dealkylation sites (tertiary alicyclic amines) is 1. The Hall–Kier alpha value is -2.70. The van der Waals surface area contributed by atoms with Crippen LogP contribution in [0, 0.1) is 11.7 Å². The molecule has 1 N–H and O–H groups in total. The van der Waals surface area contributed by atoms with Gasteiger partial charge in [-0.25, -0.2) is 4.39 Å². The third kappa shape index (κ3) is 3.29. The normalized spacial score (nSPS) is 20.5. The van der Waals surface area contributed by atoms with Gasteiger partial charge in [-0.1, -0.05) is 12.1 Å². The molecular weight excluding hydrogens is 313 g/mol. The molecule has 0 unspecified atom stereocenters. The van der Waals surface area contributed by atoms with Crippen molar-refractivity contribution in [3.8, 4) is 0 Å². The fourth-order valence-electron chi connectivity index (χ4n) is 3.18. The highest BCUT2D eigenvalue weighted by atomic mass is 19.1. The Balaban J connectivity index is 1.77. The molecule has 1 amide bonds. The van der Waals surface area contributed by atoms with Gasteiger partial charge >= 0.3 is 5.97 Å². The third-order valence-electron chi connectivity index (χ3n) is 4.31. The van der Waals surface area contributed by atoms with Crippen molar-refractivity contribution < 1.29 is 19.1 Å². The second-order valence-corrected chi connectivity index (χ2v) is 5.86. The van der Waals surface area contributed by atoms with Crippen LogP contribution in [0.2, 0.25) is 0 Å². The number of halogens is 1. The first-order chi connectivity index (χ1) is 11.6. The molecule has 0 radical (unpaired) electrons. The first-order valence-corrected chi connectivity index (χ1v) is 7.81. The van der Waals surface area contributed by atoms with Gasteiger partial charge in [0.25, 0.3) is 0 Å². The molecule has 24 heavy (non-hydrogen) atoms. The Morgan fingerprint density at radius 3 is 2.67 bits per heavy atom. The summed E-state index contributed by atoms with van der Waals surface area (Å²) < 4.78 is 14.9. The summed E-state index contributed by atoms with van der Waals surface area (Å²) in [5.74, 6) is -2.39. The lowest BCUT2D eigenvalue weighted by Gasteiger charge is -2.27. The van der Waals surface area contributed by atoms with Gasteiger partial charge < -0.3 is 10.0 Å². The predicted octanol–water partition coefficient (Wildman–Crippen LogP) is 2.09. The van der Waals surface area contributed by atoms with Crippen LogP contribution in [0.1, 0.15) is 24.4 Å². The van der Waals surface area contributed by atoms with Crippen molar-refractivity contribution in [2.75, 3.05) is 6.54 Å². The summed E-state index contributed by atoms with van der Waals surface area (Å²) in [6.45, 7) is 1.08. The molecule has 2 atom stereocenters. The molecule has 2 heterocycles. The zero-order chi connectivity index (χ0) is 17.1. The highest BCUT2D eigenvalue weighted by molar-refractivity contribution is 5.87. The number of aliphatic carboxylic acids is 1. The van der Waals surface area contributed by atoms with Crippen LogP contribution in [0.3, 0.4) is 0 Å². The Morgan fingerprint density at radius 2 is 2.04 bits per heavy atom. The monoisotopic (exact) mass is 331 g/mol. The fourth-order valence-corrected chi connectivity index (χ4v) is 3.18. The number of hydrogen-bond donors (Lipinski definition) is 1. The van der Waals surface area contributed by atoms with Crippen LogP contribution in [0.5, 0.6) is 0 Å². The molecule has 126 valence electrons. The van der Waals surface area contributed by atoms with Crippen molar-refractivity contribution in [3.05, 3.63) is 54.1 Å².